The van der Waals surface area contributed by atoms with Crippen molar-refractivity contribution in [1.82, 2.24) is 9.55 Å². The minimum atomic E-state index is 0.876. The maximum atomic E-state index is 4.55. The predicted molar refractivity (Wildman–Crippen MR) is 86.5 cm³/mol. The highest BCUT2D eigenvalue weighted by Crippen LogP contribution is 2.17. The number of imidazole rings is 1. The van der Waals surface area contributed by atoms with Gasteiger partial charge >= 0.3 is 0 Å². The van der Waals surface area contributed by atoms with Gasteiger partial charge in [-0.25, -0.2) is 4.98 Å². The first-order valence-electron chi connectivity index (χ1n) is 7.32. The largest absolute Gasteiger partial charge is 0.333 e. The fourth-order valence-electron chi connectivity index (χ4n) is 2.69. The first-order valence-corrected chi connectivity index (χ1v) is 7.32. The van der Waals surface area contributed by atoms with Crippen molar-refractivity contribution in [2.24, 2.45) is 0 Å². The van der Waals surface area contributed by atoms with E-state index in [-0.39, 0.29) is 0 Å². The lowest BCUT2D eigenvalue weighted by molar-refractivity contribution is 0.796. The monoisotopic (exact) mass is 276 g/mol. The molecule has 0 fully saturated rings. The van der Waals surface area contributed by atoms with Crippen molar-refractivity contribution >= 4 is 0 Å². The molecule has 0 amide bonds. The number of hydrogen-bond donors (Lipinski definition) is 0. The maximum Gasteiger partial charge on any atom is 0.0952 e. The lowest BCUT2D eigenvalue weighted by Gasteiger charge is -2.07. The standard InChI is InChI=1S/C19H20N2/c1-15-7-6-8-16(2)19(15)11-18-13-21(14-20-18)12-17-9-4-3-5-10-17/h3-10,13-14H,11-12H2,1-2H3. The van der Waals surface area contributed by atoms with E-state index in [1.165, 1.54) is 22.3 Å². The van der Waals surface area contributed by atoms with Gasteiger partial charge < -0.3 is 4.57 Å². The zero-order valence-corrected chi connectivity index (χ0v) is 12.6. The van der Waals surface area contributed by atoms with Crippen molar-refractivity contribution in [1.29, 1.82) is 0 Å². The molecule has 0 unspecified atom stereocenters. The molecule has 3 aromatic rings. The van der Waals surface area contributed by atoms with Crippen molar-refractivity contribution in [3.05, 3.63) is 89.0 Å². The van der Waals surface area contributed by atoms with E-state index in [9.17, 15) is 0 Å². The van der Waals surface area contributed by atoms with E-state index < -0.39 is 0 Å². The fourth-order valence-corrected chi connectivity index (χ4v) is 2.69. The average molecular weight is 276 g/mol. The number of benzene rings is 2. The molecular weight excluding hydrogens is 256 g/mol. The Hall–Kier alpha value is -2.35. The molecule has 1 aromatic heterocycles. The number of aromatic nitrogens is 2. The molecule has 2 heteroatoms. The van der Waals surface area contributed by atoms with Crippen molar-refractivity contribution in [3.8, 4) is 0 Å². The summed E-state index contributed by atoms with van der Waals surface area (Å²) in [5.74, 6) is 0. The Morgan fingerprint density at radius 1 is 0.905 bits per heavy atom. The summed E-state index contributed by atoms with van der Waals surface area (Å²) in [6.07, 6.45) is 4.98. The lowest BCUT2D eigenvalue weighted by Crippen LogP contribution is -1.97. The zero-order valence-electron chi connectivity index (χ0n) is 12.6. The molecule has 2 aromatic carbocycles. The molecule has 0 N–H and O–H groups in total. The maximum absolute atomic E-state index is 4.55. The van der Waals surface area contributed by atoms with Crippen molar-refractivity contribution in [3.63, 3.8) is 0 Å². The molecule has 0 spiro atoms. The van der Waals surface area contributed by atoms with Gasteiger partial charge in [-0.15, -0.1) is 0 Å². The lowest BCUT2D eigenvalue weighted by atomic mass is 9.99. The van der Waals surface area contributed by atoms with Crippen LogP contribution in [0.1, 0.15) is 27.9 Å². The van der Waals surface area contributed by atoms with E-state index >= 15 is 0 Å². The molecule has 1 heterocycles. The Morgan fingerprint density at radius 2 is 1.62 bits per heavy atom. The van der Waals surface area contributed by atoms with E-state index in [0.717, 1.165) is 18.7 Å². The molecule has 0 aliphatic rings. The summed E-state index contributed by atoms with van der Waals surface area (Å²) in [6.45, 7) is 5.22. The summed E-state index contributed by atoms with van der Waals surface area (Å²) >= 11 is 0. The smallest absolute Gasteiger partial charge is 0.0952 e. The van der Waals surface area contributed by atoms with Crippen molar-refractivity contribution in [2.45, 2.75) is 26.8 Å². The van der Waals surface area contributed by atoms with Crippen LogP contribution < -0.4 is 0 Å². The summed E-state index contributed by atoms with van der Waals surface area (Å²) in [5.41, 5.74) is 6.50. The Balaban J connectivity index is 1.76. The molecule has 3 rings (SSSR count). The Labute approximate surface area is 126 Å². The van der Waals surface area contributed by atoms with Gasteiger partial charge in [0.05, 0.1) is 12.0 Å². The molecule has 0 saturated carbocycles. The van der Waals surface area contributed by atoms with Crippen LogP contribution >= 0.6 is 0 Å². The van der Waals surface area contributed by atoms with E-state index in [4.69, 9.17) is 0 Å². The molecule has 0 aliphatic carbocycles. The van der Waals surface area contributed by atoms with Gasteiger partial charge in [0.1, 0.15) is 0 Å². The van der Waals surface area contributed by atoms with Crippen LogP contribution in [0.5, 0.6) is 0 Å². The van der Waals surface area contributed by atoms with Gasteiger partial charge in [0, 0.05) is 19.2 Å². The van der Waals surface area contributed by atoms with Crippen LogP contribution in [-0.4, -0.2) is 9.55 Å². The number of aryl methyl sites for hydroxylation is 2. The second-order valence-electron chi connectivity index (χ2n) is 5.57. The number of nitrogens with zero attached hydrogens (tertiary/aromatic N) is 2. The highest BCUT2D eigenvalue weighted by atomic mass is 15.0. The van der Waals surface area contributed by atoms with E-state index in [2.05, 4.69) is 72.1 Å². The van der Waals surface area contributed by atoms with Gasteiger partial charge in [-0.1, -0.05) is 48.5 Å². The summed E-state index contributed by atoms with van der Waals surface area (Å²) < 4.78 is 2.15. The highest BCUT2D eigenvalue weighted by molar-refractivity contribution is 5.36. The van der Waals surface area contributed by atoms with Crippen LogP contribution in [-0.2, 0) is 13.0 Å². The SMILES string of the molecule is Cc1cccc(C)c1Cc1cn(Cc2ccccc2)cn1. The third kappa shape index (κ3) is 3.22. The average Bonchev–Trinajstić information content (AvgIpc) is 2.91. The summed E-state index contributed by atoms with van der Waals surface area (Å²) in [7, 11) is 0. The molecule has 0 bridgehead atoms. The Bertz CT molecular complexity index is 706. The van der Waals surface area contributed by atoms with Gasteiger partial charge in [-0.05, 0) is 36.1 Å². The summed E-state index contributed by atoms with van der Waals surface area (Å²) in [5, 5.41) is 0. The van der Waals surface area contributed by atoms with Gasteiger partial charge in [0.25, 0.3) is 0 Å². The Morgan fingerprint density at radius 3 is 2.33 bits per heavy atom. The molecule has 0 saturated heterocycles. The van der Waals surface area contributed by atoms with E-state index in [0.29, 0.717) is 0 Å². The normalized spacial score (nSPS) is 10.8. The van der Waals surface area contributed by atoms with Crippen LogP contribution in [0.15, 0.2) is 61.1 Å². The first kappa shape index (κ1) is 13.6. The molecular formula is C19H20N2. The minimum Gasteiger partial charge on any atom is -0.333 e. The van der Waals surface area contributed by atoms with Gasteiger partial charge in [-0.3, -0.25) is 0 Å². The van der Waals surface area contributed by atoms with Gasteiger partial charge in [0.2, 0.25) is 0 Å². The van der Waals surface area contributed by atoms with Crippen molar-refractivity contribution in [2.75, 3.05) is 0 Å². The minimum absolute atomic E-state index is 0.876. The van der Waals surface area contributed by atoms with Crippen molar-refractivity contribution < 1.29 is 0 Å². The summed E-state index contributed by atoms with van der Waals surface area (Å²) in [6, 6.07) is 16.9. The quantitative estimate of drug-likeness (QED) is 0.700. The third-order valence-electron chi connectivity index (χ3n) is 3.90. The molecule has 21 heavy (non-hydrogen) atoms. The van der Waals surface area contributed by atoms with Crippen LogP contribution in [0.3, 0.4) is 0 Å². The second-order valence-corrected chi connectivity index (χ2v) is 5.57. The Kier molecular flexibility index (Phi) is 3.87. The predicted octanol–water partition coefficient (Wildman–Crippen LogP) is 4.14. The molecule has 0 atom stereocenters. The van der Waals surface area contributed by atoms with E-state index in [1.54, 1.807) is 0 Å². The van der Waals surface area contributed by atoms with Crippen LogP contribution in [0.2, 0.25) is 0 Å². The number of rotatable bonds is 4. The molecule has 106 valence electrons. The number of hydrogen-bond acceptors (Lipinski definition) is 1. The van der Waals surface area contributed by atoms with Crippen LogP contribution in [0.25, 0.3) is 0 Å². The summed E-state index contributed by atoms with van der Waals surface area (Å²) in [4.78, 5) is 4.55. The highest BCUT2D eigenvalue weighted by Gasteiger charge is 2.06. The first-order chi connectivity index (χ1) is 10.2. The topological polar surface area (TPSA) is 17.8 Å². The zero-order chi connectivity index (χ0) is 14.7. The third-order valence-corrected chi connectivity index (χ3v) is 3.90. The molecule has 0 aliphatic heterocycles. The van der Waals surface area contributed by atoms with Gasteiger partial charge in [0.15, 0.2) is 0 Å². The van der Waals surface area contributed by atoms with Gasteiger partial charge in [-0.2, -0.15) is 0 Å². The second kappa shape index (κ2) is 5.96. The van der Waals surface area contributed by atoms with E-state index in [1.807, 2.05) is 12.4 Å². The fraction of sp³-hybridized carbons (Fsp3) is 0.211. The molecule has 2 nitrogen and oxygen atoms in total. The van der Waals surface area contributed by atoms with Crippen LogP contribution in [0, 0.1) is 13.8 Å². The molecule has 0 radical (unpaired) electrons. The van der Waals surface area contributed by atoms with Crippen LogP contribution in [0.4, 0.5) is 0 Å².